The molecule has 0 aliphatic carbocycles. The van der Waals surface area contributed by atoms with Gasteiger partial charge in [0.1, 0.15) is 30.1 Å². The van der Waals surface area contributed by atoms with Crippen LogP contribution in [-0.2, 0) is 43.6 Å². The highest BCUT2D eigenvalue weighted by Crippen LogP contribution is 2.30. The van der Waals surface area contributed by atoms with E-state index in [9.17, 15) is 4.79 Å². The van der Waals surface area contributed by atoms with Gasteiger partial charge in [-0.1, -0.05) is 109 Å². The summed E-state index contributed by atoms with van der Waals surface area (Å²) in [5.74, 6) is 0.395. The molecule has 1 N–H and O–H groups in total. The first-order valence-corrected chi connectivity index (χ1v) is 14.2. The zero-order chi connectivity index (χ0) is 29.0. The predicted molar refractivity (Wildman–Crippen MR) is 159 cm³/mol. The topological polar surface area (TPSA) is 75.3 Å². The average molecular weight is 568 g/mol. The molecule has 218 valence electrons. The number of hydrogen-bond donors (Lipinski definition) is 1. The molecular weight excluding hydrogens is 530 g/mol. The van der Waals surface area contributed by atoms with Crippen molar-refractivity contribution in [3.63, 3.8) is 0 Å². The minimum absolute atomic E-state index is 0.223. The third-order valence-corrected chi connectivity index (χ3v) is 6.98. The lowest BCUT2D eigenvalue weighted by Crippen LogP contribution is -2.66. The molecule has 1 aliphatic rings. The SMILES string of the molecule is CC(=O)NC1[C@H](Oc2ccccc2)OC(COCc2ccccc2)[C@@H](OCc2ccccc2)[C@@H]1OCc1ccccc1. The normalized spacial score (nSPS) is 21.9. The van der Waals surface area contributed by atoms with E-state index in [0.29, 0.717) is 25.6 Å². The number of carbonyl (C=O) groups is 1. The van der Waals surface area contributed by atoms with Crippen molar-refractivity contribution in [3.8, 4) is 5.75 Å². The summed E-state index contributed by atoms with van der Waals surface area (Å²) in [5, 5.41) is 3.03. The Morgan fingerprint density at radius 3 is 1.67 bits per heavy atom. The summed E-state index contributed by atoms with van der Waals surface area (Å²) in [6.45, 7) is 2.79. The molecule has 4 aromatic rings. The number of benzene rings is 4. The van der Waals surface area contributed by atoms with Gasteiger partial charge < -0.3 is 29.0 Å². The maximum absolute atomic E-state index is 12.5. The van der Waals surface area contributed by atoms with E-state index in [2.05, 4.69) is 5.32 Å². The lowest BCUT2D eigenvalue weighted by molar-refractivity contribution is -0.270. The van der Waals surface area contributed by atoms with Crippen molar-refractivity contribution >= 4 is 5.91 Å². The van der Waals surface area contributed by atoms with Crippen molar-refractivity contribution in [2.24, 2.45) is 0 Å². The van der Waals surface area contributed by atoms with E-state index in [1.54, 1.807) is 0 Å². The maximum Gasteiger partial charge on any atom is 0.223 e. The number of para-hydroxylation sites is 1. The van der Waals surface area contributed by atoms with E-state index in [0.717, 1.165) is 16.7 Å². The first-order valence-electron chi connectivity index (χ1n) is 14.2. The van der Waals surface area contributed by atoms with Gasteiger partial charge in [0.25, 0.3) is 0 Å². The molecule has 1 heterocycles. The smallest absolute Gasteiger partial charge is 0.223 e. The minimum atomic E-state index is -0.848. The summed E-state index contributed by atoms with van der Waals surface area (Å²) in [5.41, 5.74) is 3.08. The van der Waals surface area contributed by atoms with Crippen molar-refractivity contribution < 1.29 is 28.5 Å². The van der Waals surface area contributed by atoms with Crippen LogP contribution in [0.15, 0.2) is 121 Å². The van der Waals surface area contributed by atoms with Gasteiger partial charge in [-0.25, -0.2) is 0 Å². The molecule has 42 heavy (non-hydrogen) atoms. The molecule has 1 fully saturated rings. The van der Waals surface area contributed by atoms with Gasteiger partial charge in [0.2, 0.25) is 12.2 Å². The van der Waals surface area contributed by atoms with Crippen LogP contribution >= 0.6 is 0 Å². The van der Waals surface area contributed by atoms with Crippen LogP contribution in [-0.4, -0.2) is 43.2 Å². The maximum atomic E-state index is 12.5. The van der Waals surface area contributed by atoms with Gasteiger partial charge in [-0.15, -0.1) is 0 Å². The van der Waals surface area contributed by atoms with Gasteiger partial charge in [-0.2, -0.15) is 0 Å². The molecule has 4 aromatic carbocycles. The van der Waals surface area contributed by atoms with Gasteiger partial charge >= 0.3 is 0 Å². The highest BCUT2D eigenvalue weighted by molar-refractivity contribution is 5.73. The summed E-state index contributed by atoms with van der Waals surface area (Å²) in [7, 11) is 0. The Bertz CT molecular complexity index is 1340. The van der Waals surface area contributed by atoms with Crippen LogP contribution in [0.4, 0.5) is 0 Å². The monoisotopic (exact) mass is 567 g/mol. The molecule has 0 radical (unpaired) electrons. The van der Waals surface area contributed by atoms with E-state index in [1.807, 2.05) is 121 Å². The van der Waals surface area contributed by atoms with Gasteiger partial charge in [0, 0.05) is 6.92 Å². The third-order valence-electron chi connectivity index (χ3n) is 6.98. The molecule has 5 rings (SSSR count). The number of carbonyl (C=O) groups excluding carboxylic acids is 1. The molecule has 5 atom stereocenters. The fraction of sp³-hybridized carbons (Fsp3) is 0.286. The zero-order valence-electron chi connectivity index (χ0n) is 23.7. The number of nitrogens with one attached hydrogen (secondary N) is 1. The Balaban J connectivity index is 1.44. The largest absolute Gasteiger partial charge is 0.463 e. The Labute approximate surface area is 247 Å². The van der Waals surface area contributed by atoms with E-state index in [1.165, 1.54) is 6.92 Å². The molecule has 7 heteroatoms. The molecule has 1 saturated heterocycles. The highest BCUT2D eigenvalue weighted by atomic mass is 16.7. The first-order chi connectivity index (χ1) is 20.7. The van der Waals surface area contributed by atoms with Crippen molar-refractivity contribution in [3.05, 3.63) is 138 Å². The van der Waals surface area contributed by atoms with E-state index in [4.69, 9.17) is 23.7 Å². The fourth-order valence-electron chi connectivity index (χ4n) is 4.96. The number of rotatable bonds is 13. The Morgan fingerprint density at radius 1 is 0.667 bits per heavy atom. The van der Waals surface area contributed by atoms with E-state index >= 15 is 0 Å². The van der Waals surface area contributed by atoms with Crippen LogP contribution in [0.25, 0.3) is 0 Å². The van der Waals surface area contributed by atoms with Crippen LogP contribution in [0.1, 0.15) is 23.6 Å². The molecule has 1 aliphatic heterocycles. The summed E-state index contributed by atoms with van der Waals surface area (Å²) in [6, 6.07) is 38.6. The second-order valence-electron chi connectivity index (χ2n) is 10.2. The number of hydrogen-bond acceptors (Lipinski definition) is 6. The number of amides is 1. The third kappa shape index (κ3) is 8.50. The summed E-state index contributed by atoms with van der Waals surface area (Å²) >= 11 is 0. The average Bonchev–Trinajstić information content (AvgIpc) is 3.02. The summed E-state index contributed by atoms with van der Waals surface area (Å²) in [4.78, 5) is 12.5. The molecular formula is C35H37NO6. The molecule has 0 bridgehead atoms. The van der Waals surface area contributed by atoms with Gasteiger partial charge in [-0.05, 0) is 28.8 Å². The predicted octanol–water partition coefficient (Wildman–Crippen LogP) is 5.68. The van der Waals surface area contributed by atoms with Crippen LogP contribution in [0.3, 0.4) is 0 Å². The molecule has 2 unspecified atom stereocenters. The van der Waals surface area contributed by atoms with Crippen molar-refractivity contribution in [2.45, 2.75) is 57.4 Å². The van der Waals surface area contributed by atoms with Crippen LogP contribution in [0.2, 0.25) is 0 Å². The second-order valence-corrected chi connectivity index (χ2v) is 10.2. The number of ether oxygens (including phenoxy) is 5. The van der Waals surface area contributed by atoms with Crippen LogP contribution in [0.5, 0.6) is 5.75 Å². The van der Waals surface area contributed by atoms with Crippen LogP contribution < -0.4 is 10.1 Å². The zero-order valence-corrected chi connectivity index (χ0v) is 23.7. The highest BCUT2D eigenvalue weighted by Gasteiger charge is 2.49. The van der Waals surface area contributed by atoms with E-state index in [-0.39, 0.29) is 12.5 Å². The summed E-state index contributed by atoms with van der Waals surface area (Å²) < 4.78 is 32.2. The quantitative estimate of drug-likeness (QED) is 0.224. The molecule has 0 spiro atoms. The lowest BCUT2D eigenvalue weighted by atomic mass is 9.95. The first kappa shape index (κ1) is 29.5. The molecule has 0 aromatic heterocycles. The molecule has 7 nitrogen and oxygen atoms in total. The summed E-state index contributed by atoms with van der Waals surface area (Å²) in [6.07, 6.45) is -2.57. The van der Waals surface area contributed by atoms with Crippen molar-refractivity contribution in [2.75, 3.05) is 6.61 Å². The molecule has 1 amide bonds. The Hall–Kier alpha value is -4.01. The van der Waals surface area contributed by atoms with Gasteiger partial charge in [-0.3, -0.25) is 4.79 Å². The van der Waals surface area contributed by atoms with Gasteiger partial charge in [0.05, 0.1) is 26.4 Å². The second kappa shape index (κ2) is 15.3. The fourth-order valence-corrected chi connectivity index (χ4v) is 4.96. The van der Waals surface area contributed by atoms with Crippen molar-refractivity contribution in [1.82, 2.24) is 5.32 Å². The lowest BCUT2D eigenvalue weighted by Gasteiger charge is -2.46. The van der Waals surface area contributed by atoms with Crippen LogP contribution in [0, 0.1) is 0 Å². The Morgan fingerprint density at radius 2 is 1.14 bits per heavy atom. The standard InChI is InChI=1S/C35H37NO6/c1-26(37)36-32-34(40-24-29-18-10-4-11-19-29)33(39-23-28-16-8-3-9-17-28)31(25-38-22-27-14-6-2-7-15-27)42-35(32)41-30-20-12-5-13-21-30/h2-21,31-35H,22-25H2,1H3,(H,36,37)/t31?,32?,33-,34-,35-/m1/s1. The van der Waals surface area contributed by atoms with E-state index < -0.39 is 30.6 Å². The Kier molecular flexibility index (Phi) is 10.7. The minimum Gasteiger partial charge on any atom is -0.463 e. The molecule has 0 saturated carbocycles. The van der Waals surface area contributed by atoms with Gasteiger partial charge in [0.15, 0.2) is 0 Å². The van der Waals surface area contributed by atoms with Crippen molar-refractivity contribution in [1.29, 1.82) is 0 Å².